The molecule has 20 heavy (non-hydrogen) atoms. The molecule has 1 aromatic rings. The van der Waals surface area contributed by atoms with Gasteiger partial charge in [0, 0.05) is 25.6 Å². The summed E-state index contributed by atoms with van der Waals surface area (Å²) >= 11 is 0. The molecule has 0 saturated carbocycles. The molecular formula is C14H21N3O3. The van der Waals surface area contributed by atoms with Crippen LogP contribution in [-0.2, 0) is 4.79 Å². The predicted molar refractivity (Wildman–Crippen MR) is 77.7 cm³/mol. The Hall–Kier alpha value is -2.24. The molecule has 0 atom stereocenters. The Morgan fingerprint density at radius 2 is 1.95 bits per heavy atom. The van der Waals surface area contributed by atoms with Crippen molar-refractivity contribution in [3.63, 3.8) is 0 Å². The summed E-state index contributed by atoms with van der Waals surface area (Å²) in [5.41, 5.74) is 6.77. The molecule has 0 saturated heterocycles. The lowest BCUT2D eigenvalue weighted by Gasteiger charge is -2.10. The number of benzene rings is 1. The number of carbonyl (C=O) groups is 2. The van der Waals surface area contributed by atoms with E-state index in [9.17, 15) is 9.59 Å². The van der Waals surface area contributed by atoms with Crippen LogP contribution in [0, 0.1) is 0 Å². The highest BCUT2D eigenvalue weighted by Gasteiger charge is 2.08. The van der Waals surface area contributed by atoms with E-state index in [-0.39, 0.29) is 11.8 Å². The quantitative estimate of drug-likeness (QED) is 0.511. The fourth-order valence-corrected chi connectivity index (χ4v) is 1.53. The van der Waals surface area contributed by atoms with Crippen molar-refractivity contribution in [2.75, 3.05) is 25.4 Å². The summed E-state index contributed by atoms with van der Waals surface area (Å²) in [6.07, 6.45) is 0.868. The predicted octanol–water partition coefficient (Wildman–Crippen LogP) is 0.923. The van der Waals surface area contributed by atoms with Crippen LogP contribution in [0.5, 0.6) is 5.75 Å². The maximum absolute atomic E-state index is 11.9. The van der Waals surface area contributed by atoms with Gasteiger partial charge in [0.25, 0.3) is 5.91 Å². The minimum atomic E-state index is -0.225. The molecule has 0 aliphatic carbocycles. The molecule has 1 rings (SSSR count). The first kappa shape index (κ1) is 15.8. The van der Waals surface area contributed by atoms with Crippen LogP contribution in [0.1, 0.15) is 30.6 Å². The van der Waals surface area contributed by atoms with Crippen molar-refractivity contribution in [2.45, 2.75) is 20.3 Å². The lowest BCUT2D eigenvalue weighted by molar-refractivity contribution is -0.118. The molecule has 0 fully saturated rings. The molecule has 1 aromatic carbocycles. The van der Waals surface area contributed by atoms with Gasteiger partial charge >= 0.3 is 0 Å². The third-order valence-electron chi connectivity index (χ3n) is 2.52. The highest BCUT2D eigenvalue weighted by molar-refractivity contribution is 5.95. The molecule has 0 bridgehead atoms. The minimum absolute atomic E-state index is 0.123. The molecule has 0 heterocycles. The number of nitrogen functional groups attached to an aromatic ring is 1. The van der Waals surface area contributed by atoms with Crippen LogP contribution in [0.4, 0.5) is 5.69 Å². The first-order valence-corrected chi connectivity index (χ1v) is 6.59. The van der Waals surface area contributed by atoms with Crippen molar-refractivity contribution in [1.82, 2.24) is 10.6 Å². The topological polar surface area (TPSA) is 93.5 Å². The number of nitrogens with two attached hydrogens (primary N) is 1. The Morgan fingerprint density at radius 3 is 2.60 bits per heavy atom. The average molecular weight is 279 g/mol. The smallest absolute Gasteiger partial charge is 0.251 e. The van der Waals surface area contributed by atoms with Crippen molar-refractivity contribution in [3.05, 3.63) is 23.8 Å². The number of amides is 2. The van der Waals surface area contributed by atoms with E-state index in [2.05, 4.69) is 10.6 Å². The Balaban J connectivity index is 2.57. The Bertz CT molecular complexity index is 475. The van der Waals surface area contributed by atoms with Crippen molar-refractivity contribution in [1.29, 1.82) is 0 Å². The van der Waals surface area contributed by atoms with Gasteiger partial charge in [-0.3, -0.25) is 9.59 Å². The molecule has 2 amide bonds. The summed E-state index contributed by atoms with van der Waals surface area (Å²) in [5, 5.41) is 5.31. The zero-order valence-electron chi connectivity index (χ0n) is 11.9. The van der Waals surface area contributed by atoms with Gasteiger partial charge in [0.05, 0.1) is 12.3 Å². The third-order valence-corrected chi connectivity index (χ3v) is 2.52. The summed E-state index contributed by atoms with van der Waals surface area (Å²) < 4.78 is 5.47. The van der Waals surface area contributed by atoms with Crippen molar-refractivity contribution >= 4 is 17.5 Å². The maximum Gasteiger partial charge on any atom is 0.251 e. The van der Waals surface area contributed by atoms with Crippen molar-refractivity contribution in [3.8, 4) is 5.75 Å². The van der Waals surface area contributed by atoms with E-state index in [1.807, 2.05) is 6.92 Å². The number of ether oxygens (including phenoxy) is 1. The molecule has 0 aliphatic heterocycles. The molecule has 0 unspecified atom stereocenters. The second-order valence-corrected chi connectivity index (χ2v) is 4.34. The fraction of sp³-hybridized carbons (Fsp3) is 0.429. The van der Waals surface area contributed by atoms with E-state index in [0.717, 1.165) is 6.42 Å². The molecule has 6 nitrogen and oxygen atoms in total. The first-order valence-electron chi connectivity index (χ1n) is 6.59. The summed E-state index contributed by atoms with van der Waals surface area (Å²) in [6, 6.07) is 4.91. The van der Waals surface area contributed by atoms with E-state index in [1.54, 1.807) is 18.2 Å². The average Bonchev–Trinajstić information content (AvgIpc) is 2.42. The lowest BCUT2D eigenvalue weighted by Crippen LogP contribution is -2.33. The Kier molecular flexibility index (Phi) is 6.36. The molecule has 0 spiro atoms. The van der Waals surface area contributed by atoms with Crippen LogP contribution in [0.2, 0.25) is 0 Å². The Morgan fingerprint density at radius 1 is 1.25 bits per heavy atom. The Labute approximate surface area is 118 Å². The number of anilines is 1. The van der Waals surface area contributed by atoms with Gasteiger partial charge in [-0.1, -0.05) is 6.92 Å². The summed E-state index contributed by atoms with van der Waals surface area (Å²) in [5.74, 6) is 0.167. The minimum Gasteiger partial charge on any atom is -0.491 e. The van der Waals surface area contributed by atoms with Gasteiger partial charge in [-0.2, -0.15) is 0 Å². The number of hydrogen-bond acceptors (Lipinski definition) is 4. The maximum atomic E-state index is 11.9. The highest BCUT2D eigenvalue weighted by Crippen LogP contribution is 2.22. The van der Waals surface area contributed by atoms with Crippen molar-refractivity contribution in [2.24, 2.45) is 0 Å². The molecule has 110 valence electrons. The van der Waals surface area contributed by atoms with Crippen molar-refractivity contribution < 1.29 is 14.3 Å². The zero-order valence-corrected chi connectivity index (χ0v) is 11.9. The van der Waals surface area contributed by atoms with Gasteiger partial charge in [0.2, 0.25) is 5.91 Å². The van der Waals surface area contributed by atoms with Crippen LogP contribution in [0.3, 0.4) is 0 Å². The summed E-state index contributed by atoms with van der Waals surface area (Å²) in [4.78, 5) is 22.6. The van der Waals surface area contributed by atoms with Crippen LogP contribution in [0.15, 0.2) is 18.2 Å². The number of nitrogens with one attached hydrogen (secondary N) is 2. The third kappa shape index (κ3) is 5.17. The first-order chi connectivity index (χ1) is 9.54. The van der Waals surface area contributed by atoms with Gasteiger partial charge < -0.3 is 21.1 Å². The normalized spacial score (nSPS) is 9.90. The second kappa shape index (κ2) is 8.04. The summed E-state index contributed by atoms with van der Waals surface area (Å²) in [7, 11) is 0. The largest absolute Gasteiger partial charge is 0.491 e. The van der Waals surface area contributed by atoms with Crippen LogP contribution in [0.25, 0.3) is 0 Å². The molecule has 0 aromatic heterocycles. The van der Waals surface area contributed by atoms with E-state index < -0.39 is 0 Å². The number of hydrogen-bond donors (Lipinski definition) is 3. The number of carbonyl (C=O) groups excluding carboxylic acids is 2. The molecule has 0 radical (unpaired) electrons. The van der Waals surface area contributed by atoms with Gasteiger partial charge in [-0.15, -0.1) is 0 Å². The van der Waals surface area contributed by atoms with E-state index in [4.69, 9.17) is 10.5 Å². The highest BCUT2D eigenvalue weighted by atomic mass is 16.5. The lowest BCUT2D eigenvalue weighted by atomic mass is 10.2. The van der Waals surface area contributed by atoms with E-state index >= 15 is 0 Å². The summed E-state index contributed by atoms with van der Waals surface area (Å²) in [6.45, 7) is 4.74. The molecular weight excluding hydrogens is 258 g/mol. The van der Waals surface area contributed by atoms with Gasteiger partial charge in [-0.05, 0) is 24.6 Å². The number of rotatable bonds is 7. The van der Waals surface area contributed by atoms with E-state index in [1.165, 1.54) is 6.92 Å². The molecule has 0 aliphatic rings. The fourth-order valence-electron chi connectivity index (χ4n) is 1.53. The van der Waals surface area contributed by atoms with Gasteiger partial charge in [0.15, 0.2) is 0 Å². The van der Waals surface area contributed by atoms with E-state index in [0.29, 0.717) is 36.7 Å². The standard InChI is InChI=1S/C14H21N3O3/c1-3-8-20-13-9-11(4-5-12(13)15)14(19)17-7-6-16-10(2)18/h4-5,9H,3,6-8,15H2,1-2H3,(H,16,18)(H,17,19). The van der Waals surface area contributed by atoms with Gasteiger partial charge in [-0.25, -0.2) is 0 Å². The van der Waals surface area contributed by atoms with Crippen LogP contribution in [-0.4, -0.2) is 31.5 Å². The zero-order chi connectivity index (χ0) is 15.0. The second-order valence-electron chi connectivity index (χ2n) is 4.34. The molecule has 6 heteroatoms. The van der Waals surface area contributed by atoms with Crippen LogP contribution < -0.4 is 21.1 Å². The SMILES string of the molecule is CCCOc1cc(C(=O)NCCNC(C)=O)ccc1N. The van der Waals surface area contributed by atoms with Crippen LogP contribution >= 0.6 is 0 Å². The monoisotopic (exact) mass is 279 g/mol. The molecule has 4 N–H and O–H groups in total. The van der Waals surface area contributed by atoms with Gasteiger partial charge in [0.1, 0.15) is 5.75 Å².